The smallest absolute Gasteiger partial charge is 0.237 e. The lowest BCUT2D eigenvalue weighted by molar-refractivity contribution is -0.116. The van der Waals surface area contributed by atoms with Crippen LogP contribution >= 0.6 is 11.8 Å². The van der Waals surface area contributed by atoms with Gasteiger partial charge in [-0.3, -0.25) is 9.36 Å². The molecule has 0 spiro atoms. The maximum atomic E-state index is 13.1. The van der Waals surface area contributed by atoms with E-state index in [1.54, 1.807) is 4.90 Å². The van der Waals surface area contributed by atoms with Gasteiger partial charge in [0.25, 0.3) is 0 Å². The number of benzene rings is 3. The highest BCUT2D eigenvalue weighted by atomic mass is 32.2. The molecular formula is C26H23N5O2S. The first kappa shape index (κ1) is 23.1. The molecule has 3 aromatic carbocycles. The summed E-state index contributed by atoms with van der Waals surface area (Å²) in [6.07, 6.45) is 0.256. The van der Waals surface area contributed by atoms with Crippen LogP contribution in [0.4, 0.5) is 5.69 Å². The number of para-hydroxylation sites is 3. The van der Waals surface area contributed by atoms with E-state index in [2.05, 4.69) is 16.3 Å². The summed E-state index contributed by atoms with van der Waals surface area (Å²) in [5, 5.41) is 18.3. The Morgan fingerprint density at radius 3 is 2.26 bits per heavy atom. The molecule has 0 atom stereocenters. The normalized spacial score (nSPS) is 10.4. The zero-order valence-electron chi connectivity index (χ0n) is 18.4. The van der Waals surface area contributed by atoms with Crippen LogP contribution in [0.15, 0.2) is 96.2 Å². The molecule has 7 nitrogen and oxygen atoms in total. The van der Waals surface area contributed by atoms with Gasteiger partial charge in [-0.1, -0.05) is 66.4 Å². The lowest BCUT2D eigenvalue weighted by atomic mass is 10.2. The quantitative estimate of drug-likeness (QED) is 0.308. The summed E-state index contributed by atoms with van der Waals surface area (Å²) in [6, 6.07) is 30.8. The molecule has 4 aromatic rings. The summed E-state index contributed by atoms with van der Waals surface area (Å²) in [5.74, 6) is 1.43. The highest BCUT2D eigenvalue weighted by Crippen LogP contribution is 2.24. The van der Waals surface area contributed by atoms with Crippen molar-refractivity contribution in [1.82, 2.24) is 14.8 Å². The van der Waals surface area contributed by atoms with Crippen molar-refractivity contribution < 1.29 is 9.53 Å². The van der Waals surface area contributed by atoms with Gasteiger partial charge in [0.15, 0.2) is 11.0 Å². The number of carbonyl (C=O) groups excluding carboxylic acids is 1. The fourth-order valence-electron chi connectivity index (χ4n) is 3.36. The summed E-state index contributed by atoms with van der Waals surface area (Å²) in [5.41, 5.74) is 1.66. The van der Waals surface area contributed by atoms with Crippen molar-refractivity contribution in [3.05, 3.63) is 96.8 Å². The average molecular weight is 470 g/mol. The van der Waals surface area contributed by atoms with Gasteiger partial charge in [-0.2, -0.15) is 5.26 Å². The fourth-order valence-corrected chi connectivity index (χ4v) is 4.21. The second-order valence-electron chi connectivity index (χ2n) is 7.25. The summed E-state index contributed by atoms with van der Waals surface area (Å²) in [6.45, 7) is 0.570. The van der Waals surface area contributed by atoms with Crippen molar-refractivity contribution in [2.45, 2.75) is 18.2 Å². The molecular weight excluding hydrogens is 446 g/mol. The highest BCUT2D eigenvalue weighted by molar-refractivity contribution is 7.99. The molecule has 1 amide bonds. The van der Waals surface area contributed by atoms with Crippen molar-refractivity contribution in [1.29, 1.82) is 5.26 Å². The topological polar surface area (TPSA) is 84.0 Å². The maximum absolute atomic E-state index is 13.1. The molecule has 34 heavy (non-hydrogen) atoms. The number of rotatable bonds is 10. The molecule has 1 aromatic heterocycles. The summed E-state index contributed by atoms with van der Waals surface area (Å²) in [4.78, 5) is 14.7. The number of thioether (sulfide) groups is 1. The van der Waals surface area contributed by atoms with Crippen LogP contribution in [0.5, 0.6) is 5.75 Å². The van der Waals surface area contributed by atoms with Crippen LogP contribution in [0, 0.1) is 11.3 Å². The third-order valence-electron chi connectivity index (χ3n) is 4.97. The molecule has 1 heterocycles. The average Bonchev–Trinajstić information content (AvgIpc) is 3.31. The Morgan fingerprint density at radius 1 is 0.941 bits per heavy atom. The Hall–Kier alpha value is -4.09. The van der Waals surface area contributed by atoms with E-state index in [1.165, 1.54) is 11.8 Å². The third kappa shape index (κ3) is 5.82. The van der Waals surface area contributed by atoms with E-state index in [0.717, 1.165) is 17.1 Å². The molecule has 0 aliphatic rings. The molecule has 0 N–H and O–H groups in total. The third-order valence-corrected chi connectivity index (χ3v) is 5.88. The van der Waals surface area contributed by atoms with Gasteiger partial charge in [-0.15, -0.1) is 10.2 Å². The second-order valence-corrected chi connectivity index (χ2v) is 8.19. The lowest BCUT2D eigenvalue weighted by Gasteiger charge is -2.21. The number of aromatic nitrogens is 3. The summed E-state index contributed by atoms with van der Waals surface area (Å²) >= 11 is 1.31. The zero-order chi connectivity index (χ0) is 23.6. The number of anilines is 1. The zero-order valence-corrected chi connectivity index (χ0v) is 19.3. The van der Waals surface area contributed by atoms with Crippen LogP contribution in [0.1, 0.15) is 12.2 Å². The van der Waals surface area contributed by atoms with E-state index >= 15 is 0 Å². The fraction of sp³-hybridized carbons (Fsp3) is 0.154. The molecule has 0 aliphatic carbocycles. The van der Waals surface area contributed by atoms with Crippen molar-refractivity contribution in [2.24, 2.45) is 0 Å². The van der Waals surface area contributed by atoms with E-state index in [9.17, 15) is 4.79 Å². The van der Waals surface area contributed by atoms with Crippen molar-refractivity contribution >= 4 is 23.4 Å². The number of ether oxygens (including phenoxy) is 1. The van der Waals surface area contributed by atoms with E-state index in [-0.39, 0.29) is 24.7 Å². The number of hydrogen-bond acceptors (Lipinski definition) is 6. The lowest BCUT2D eigenvalue weighted by Crippen LogP contribution is -2.33. The Balaban J connectivity index is 1.53. The van der Waals surface area contributed by atoms with Gasteiger partial charge in [0, 0.05) is 17.9 Å². The largest absolute Gasteiger partial charge is 0.486 e. The molecule has 0 aliphatic heterocycles. The maximum Gasteiger partial charge on any atom is 0.237 e. The Bertz CT molecular complexity index is 1240. The molecule has 0 saturated carbocycles. The van der Waals surface area contributed by atoms with E-state index in [1.807, 2.05) is 95.6 Å². The monoisotopic (exact) mass is 469 g/mol. The van der Waals surface area contributed by atoms with Gasteiger partial charge in [-0.25, -0.2) is 0 Å². The predicted molar refractivity (Wildman–Crippen MR) is 132 cm³/mol. The number of hydrogen-bond donors (Lipinski definition) is 0. The first-order chi connectivity index (χ1) is 16.8. The first-order valence-corrected chi connectivity index (χ1v) is 11.8. The van der Waals surface area contributed by atoms with Gasteiger partial charge in [0.1, 0.15) is 12.4 Å². The minimum Gasteiger partial charge on any atom is -0.486 e. The number of nitrogens with zero attached hydrogens (tertiary/aromatic N) is 5. The van der Waals surface area contributed by atoms with Crippen molar-refractivity contribution in [3.8, 4) is 17.5 Å². The minimum absolute atomic E-state index is 0.101. The van der Waals surface area contributed by atoms with Crippen LogP contribution < -0.4 is 9.64 Å². The standard InChI is InChI=1S/C26H23N5O2S/c27-17-10-18-30(21-11-4-1-5-12-21)25(32)20-34-26-29-28-24(19-33-23-15-8-3-9-16-23)31(26)22-13-6-2-7-14-22/h1-9,11-16H,10,18-20H2. The molecule has 4 rings (SSSR count). The molecule has 0 unspecified atom stereocenters. The molecule has 0 radical (unpaired) electrons. The highest BCUT2D eigenvalue weighted by Gasteiger charge is 2.20. The van der Waals surface area contributed by atoms with Gasteiger partial charge in [0.05, 0.1) is 18.2 Å². The van der Waals surface area contributed by atoms with Gasteiger partial charge in [-0.05, 0) is 36.4 Å². The molecule has 170 valence electrons. The van der Waals surface area contributed by atoms with Crippen LogP contribution in [0.3, 0.4) is 0 Å². The van der Waals surface area contributed by atoms with E-state index < -0.39 is 0 Å². The van der Waals surface area contributed by atoms with Gasteiger partial charge in [0.2, 0.25) is 5.91 Å². The number of carbonyl (C=O) groups is 1. The van der Waals surface area contributed by atoms with Gasteiger partial charge < -0.3 is 9.64 Å². The Morgan fingerprint density at radius 2 is 1.59 bits per heavy atom. The summed E-state index contributed by atoms with van der Waals surface area (Å²) < 4.78 is 7.80. The Kier molecular flexibility index (Phi) is 7.93. The number of amides is 1. The first-order valence-electron chi connectivity index (χ1n) is 10.8. The van der Waals surface area contributed by atoms with Crippen molar-refractivity contribution in [2.75, 3.05) is 17.2 Å². The van der Waals surface area contributed by atoms with Crippen LogP contribution in [-0.2, 0) is 11.4 Å². The van der Waals surface area contributed by atoms with Crippen LogP contribution in [0.25, 0.3) is 5.69 Å². The van der Waals surface area contributed by atoms with Crippen molar-refractivity contribution in [3.63, 3.8) is 0 Å². The molecule has 0 saturated heterocycles. The molecule has 8 heteroatoms. The van der Waals surface area contributed by atoms with E-state index in [4.69, 9.17) is 10.00 Å². The molecule has 0 fully saturated rings. The molecule has 0 bridgehead atoms. The van der Waals surface area contributed by atoms with Crippen LogP contribution in [-0.4, -0.2) is 33.0 Å². The minimum atomic E-state index is -0.101. The second kappa shape index (κ2) is 11.7. The van der Waals surface area contributed by atoms with E-state index in [0.29, 0.717) is 17.5 Å². The van der Waals surface area contributed by atoms with Gasteiger partial charge >= 0.3 is 0 Å². The number of nitriles is 1. The van der Waals surface area contributed by atoms with Crippen LogP contribution in [0.2, 0.25) is 0 Å². The predicted octanol–water partition coefficient (Wildman–Crippen LogP) is 4.89. The summed E-state index contributed by atoms with van der Waals surface area (Å²) in [7, 11) is 0. The Labute approximate surface area is 202 Å². The SMILES string of the molecule is N#CCCN(C(=O)CSc1nnc(COc2ccccc2)n1-c1ccccc1)c1ccccc1.